The third-order valence-corrected chi connectivity index (χ3v) is 9.66. The van der Waals surface area contributed by atoms with Crippen molar-refractivity contribution in [2.75, 3.05) is 6.54 Å². The molecule has 4 rings (SSSR count). The molecule has 0 amide bonds. The first-order chi connectivity index (χ1) is 17.1. The summed E-state index contributed by atoms with van der Waals surface area (Å²) < 4.78 is 26.1. The van der Waals surface area contributed by atoms with Crippen molar-refractivity contribution in [3.63, 3.8) is 0 Å². The number of hydrogen-bond acceptors (Lipinski definition) is 4. The van der Waals surface area contributed by atoms with Crippen LogP contribution in [0.1, 0.15) is 43.5 Å². The molecule has 5 nitrogen and oxygen atoms in total. The van der Waals surface area contributed by atoms with Crippen LogP contribution in [0.3, 0.4) is 0 Å². The van der Waals surface area contributed by atoms with Gasteiger partial charge in [-0.3, -0.25) is 4.72 Å². The Bertz CT molecular complexity index is 1320. The Kier molecular flexibility index (Phi) is 8.07. The molecule has 3 atom stereocenters. The summed E-state index contributed by atoms with van der Waals surface area (Å²) in [5, 5.41) is 11.2. The van der Waals surface area contributed by atoms with Crippen LogP contribution >= 0.6 is 9.39 Å². The topological polar surface area (TPSA) is 70.6 Å². The molecule has 1 aliphatic rings. The number of benzene rings is 3. The van der Waals surface area contributed by atoms with Crippen LogP contribution in [0, 0.1) is 0 Å². The lowest BCUT2D eigenvalue weighted by Gasteiger charge is -2.42. The Morgan fingerprint density at radius 3 is 2.39 bits per heavy atom. The van der Waals surface area contributed by atoms with Gasteiger partial charge in [0, 0.05) is 17.0 Å². The van der Waals surface area contributed by atoms with E-state index in [1.165, 1.54) is 11.1 Å². The molecule has 0 spiro atoms. The van der Waals surface area contributed by atoms with Gasteiger partial charge in [0.25, 0.3) is 0 Å². The van der Waals surface area contributed by atoms with E-state index in [0.717, 1.165) is 29.8 Å². The molecule has 0 radical (unpaired) electrons. The number of ether oxygens (including phenoxy) is 1. The molecule has 3 aromatic rings. The monoisotopic (exact) mass is 524 g/mol. The number of fused-ring (bicyclic) bond motifs is 1. The molecule has 3 N–H and O–H groups in total. The van der Waals surface area contributed by atoms with Crippen LogP contribution in [0.2, 0.25) is 0 Å². The lowest BCUT2D eigenvalue weighted by atomic mass is 9.87. The summed E-state index contributed by atoms with van der Waals surface area (Å²) in [7, 11) is -3.32. The SMILES string of the molecule is C=S(=C)(NCCc1ccccc1)c1ccc2c(c1)C(NS(=O)c1ccc(CC)cc1)C(O)C(C)(C)O2. The van der Waals surface area contributed by atoms with E-state index in [0.29, 0.717) is 10.6 Å². The Balaban J connectivity index is 1.58. The maximum atomic E-state index is 13.3. The van der Waals surface area contributed by atoms with Crippen LogP contribution in [0.5, 0.6) is 5.75 Å². The van der Waals surface area contributed by atoms with Gasteiger partial charge in [0.2, 0.25) is 0 Å². The fourth-order valence-corrected chi connectivity index (χ4v) is 6.65. The molecule has 0 saturated heterocycles. The average Bonchev–Trinajstić information content (AvgIpc) is 2.87. The zero-order chi connectivity index (χ0) is 25.9. The fourth-order valence-electron chi connectivity index (χ4n) is 4.30. The maximum Gasteiger partial charge on any atom is 0.131 e. The smallest absolute Gasteiger partial charge is 0.131 e. The number of rotatable bonds is 9. The van der Waals surface area contributed by atoms with Gasteiger partial charge in [-0.2, -0.15) is 0 Å². The van der Waals surface area contributed by atoms with Crippen molar-refractivity contribution in [3.05, 3.63) is 89.5 Å². The molecule has 36 heavy (non-hydrogen) atoms. The van der Waals surface area contributed by atoms with Crippen molar-refractivity contribution in [3.8, 4) is 5.75 Å². The van der Waals surface area contributed by atoms with Crippen molar-refractivity contribution < 1.29 is 14.1 Å². The van der Waals surface area contributed by atoms with Gasteiger partial charge in [-0.15, -0.1) is 9.39 Å². The van der Waals surface area contributed by atoms with E-state index >= 15 is 0 Å². The highest BCUT2D eigenvalue weighted by molar-refractivity contribution is 8.26. The maximum absolute atomic E-state index is 13.3. The van der Waals surface area contributed by atoms with Gasteiger partial charge in [-0.05, 0) is 68.1 Å². The first-order valence-electron chi connectivity index (χ1n) is 12.2. The second kappa shape index (κ2) is 10.9. The van der Waals surface area contributed by atoms with Gasteiger partial charge >= 0.3 is 0 Å². The molecule has 0 aliphatic carbocycles. The minimum Gasteiger partial charge on any atom is -0.485 e. The zero-order valence-electron chi connectivity index (χ0n) is 21.2. The number of aliphatic hydroxyl groups is 1. The highest BCUT2D eigenvalue weighted by Crippen LogP contribution is 2.43. The second-order valence-electron chi connectivity index (χ2n) is 9.73. The van der Waals surface area contributed by atoms with Crippen molar-refractivity contribution in [2.24, 2.45) is 0 Å². The summed E-state index contributed by atoms with van der Waals surface area (Å²) in [6.07, 6.45) is 0.883. The van der Waals surface area contributed by atoms with E-state index in [4.69, 9.17) is 4.74 Å². The summed E-state index contributed by atoms with van der Waals surface area (Å²) in [6.45, 7) is 6.51. The van der Waals surface area contributed by atoms with Crippen LogP contribution in [-0.2, 0) is 23.8 Å². The normalized spacial score (nSPS) is 19.8. The van der Waals surface area contributed by atoms with E-state index in [-0.39, 0.29) is 0 Å². The van der Waals surface area contributed by atoms with Crippen LogP contribution in [0.15, 0.2) is 82.6 Å². The predicted octanol–water partition coefficient (Wildman–Crippen LogP) is 4.91. The van der Waals surface area contributed by atoms with Gasteiger partial charge in [0.15, 0.2) is 0 Å². The highest BCUT2D eigenvalue weighted by atomic mass is 32.2. The van der Waals surface area contributed by atoms with Gasteiger partial charge in [0.1, 0.15) is 28.4 Å². The van der Waals surface area contributed by atoms with Crippen molar-refractivity contribution in [1.29, 1.82) is 0 Å². The highest BCUT2D eigenvalue weighted by Gasteiger charge is 2.43. The standard InChI is InChI=1S/C29H36N2O3S2/c1-6-21-12-14-23(15-13-21)35(33)31-27-25-20-24(16-17-26(25)34-29(2,3)28(27)32)36(4,5)30-19-18-22-10-8-7-9-11-22/h7-17,20,27-28,30-32H,4-6,18-19H2,1-3H3. The molecule has 192 valence electrons. The summed E-state index contributed by atoms with van der Waals surface area (Å²) in [6, 6.07) is 23.3. The molecule has 0 fully saturated rings. The first kappa shape index (κ1) is 26.6. The minimum absolute atomic E-state index is 0.588. The summed E-state index contributed by atoms with van der Waals surface area (Å²) in [4.78, 5) is 1.60. The third-order valence-electron chi connectivity index (χ3n) is 6.58. The molecule has 1 heterocycles. The Morgan fingerprint density at radius 1 is 1.03 bits per heavy atom. The van der Waals surface area contributed by atoms with E-state index in [1.807, 2.05) is 74.5 Å². The molecule has 3 unspecified atom stereocenters. The van der Waals surface area contributed by atoms with Crippen molar-refractivity contribution in [2.45, 2.75) is 61.2 Å². The minimum atomic E-state index is -1.81. The average molecular weight is 525 g/mol. The Hall–Kier alpha value is -2.42. The molecule has 0 saturated carbocycles. The third kappa shape index (κ3) is 5.93. The fraction of sp³-hybridized carbons (Fsp3) is 0.310. The predicted molar refractivity (Wildman–Crippen MR) is 154 cm³/mol. The van der Waals surface area contributed by atoms with Crippen LogP contribution in [0.4, 0.5) is 0 Å². The molecular weight excluding hydrogens is 488 g/mol. The lowest BCUT2D eigenvalue weighted by molar-refractivity contribution is -0.0601. The largest absolute Gasteiger partial charge is 0.485 e. The summed E-state index contributed by atoms with van der Waals surface area (Å²) >= 11 is 0. The summed E-state index contributed by atoms with van der Waals surface area (Å²) in [5.41, 5.74) is 2.34. The van der Waals surface area contributed by atoms with E-state index in [9.17, 15) is 9.32 Å². The van der Waals surface area contributed by atoms with Gasteiger partial charge in [0.05, 0.1) is 10.9 Å². The first-order valence-corrected chi connectivity index (χ1v) is 15.3. The van der Waals surface area contributed by atoms with E-state index < -0.39 is 38.1 Å². The van der Waals surface area contributed by atoms with E-state index in [2.05, 4.69) is 40.2 Å². The van der Waals surface area contributed by atoms with E-state index in [1.54, 1.807) is 0 Å². The number of hydrogen-bond donors (Lipinski definition) is 3. The number of aryl methyl sites for hydroxylation is 1. The van der Waals surface area contributed by atoms with Crippen molar-refractivity contribution >= 4 is 32.1 Å². The van der Waals surface area contributed by atoms with Gasteiger partial charge in [-0.25, -0.2) is 8.93 Å². The zero-order valence-corrected chi connectivity index (χ0v) is 22.8. The Labute approximate surface area is 218 Å². The van der Waals surface area contributed by atoms with Crippen LogP contribution < -0.4 is 14.2 Å². The molecular formula is C29H36N2O3S2. The van der Waals surface area contributed by atoms with Crippen LogP contribution in [0.25, 0.3) is 0 Å². The molecule has 0 bridgehead atoms. The molecule has 3 aromatic carbocycles. The second-order valence-corrected chi connectivity index (χ2v) is 13.5. The molecule has 1 aliphatic heterocycles. The quantitative estimate of drug-likeness (QED) is 0.348. The Morgan fingerprint density at radius 2 is 1.72 bits per heavy atom. The van der Waals surface area contributed by atoms with Crippen LogP contribution in [-0.4, -0.2) is 39.3 Å². The van der Waals surface area contributed by atoms with Crippen molar-refractivity contribution in [1.82, 2.24) is 9.44 Å². The number of nitrogens with one attached hydrogen (secondary N) is 2. The van der Waals surface area contributed by atoms with Gasteiger partial charge < -0.3 is 9.84 Å². The number of aliphatic hydroxyl groups excluding tert-OH is 1. The molecule has 0 aromatic heterocycles. The summed E-state index contributed by atoms with van der Waals surface area (Å²) in [5.74, 6) is 9.45. The lowest BCUT2D eigenvalue weighted by Crippen LogP contribution is -2.52. The van der Waals surface area contributed by atoms with Gasteiger partial charge in [-0.1, -0.05) is 61.1 Å². The molecule has 7 heteroatoms.